The third-order valence-corrected chi connectivity index (χ3v) is 6.77. The number of thioether (sulfide) groups is 2. The molecule has 0 amide bonds. The van der Waals surface area contributed by atoms with E-state index < -0.39 is 24.2 Å². The molecule has 0 N–H and O–H groups in total. The number of carbonyl (C=O) groups is 2. The largest absolute Gasteiger partial charge is 0.454 e. The number of benzene rings is 2. The zero-order chi connectivity index (χ0) is 17.6. The number of hydrogen-bond donors (Lipinski definition) is 0. The second kappa shape index (κ2) is 8.54. The molecule has 1 fully saturated rings. The molecule has 0 atom stereocenters. The lowest BCUT2D eigenvalue weighted by molar-refractivity contribution is 0.0473. The average molecular weight is 376 g/mol. The van der Waals surface area contributed by atoms with Crippen LogP contribution in [-0.4, -0.2) is 29.9 Å². The summed E-state index contributed by atoms with van der Waals surface area (Å²) >= 11 is 3.82. The molecule has 0 saturated carbocycles. The van der Waals surface area contributed by atoms with Gasteiger partial charge in [-0.05, 0) is 47.8 Å². The lowest BCUT2D eigenvalue weighted by atomic mass is 10.1. The van der Waals surface area contributed by atoms with Crippen LogP contribution >= 0.6 is 23.5 Å². The summed E-state index contributed by atoms with van der Waals surface area (Å²) in [5.41, 5.74) is 1.49. The second-order valence-electron chi connectivity index (χ2n) is 5.53. The Balaban J connectivity index is 1.58. The zero-order valence-electron chi connectivity index (χ0n) is 13.4. The van der Waals surface area contributed by atoms with Crippen LogP contribution in [-0.2, 0) is 4.74 Å². The first-order valence-electron chi connectivity index (χ1n) is 7.93. The minimum absolute atomic E-state index is 0.0722. The SMILES string of the molecule is O=C(OCC(=O)c1ccccc1F)c1ccc(C2SCCCS2)cc1. The van der Waals surface area contributed by atoms with Gasteiger partial charge in [0.25, 0.3) is 0 Å². The van der Waals surface area contributed by atoms with Gasteiger partial charge in [-0.1, -0.05) is 24.3 Å². The van der Waals surface area contributed by atoms with Crippen molar-refractivity contribution >= 4 is 35.3 Å². The Morgan fingerprint density at radius 1 is 1.04 bits per heavy atom. The first-order chi connectivity index (χ1) is 12.1. The quantitative estimate of drug-likeness (QED) is 0.557. The Morgan fingerprint density at radius 2 is 1.72 bits per heavy atom. The third kappa shape index (κ3) is 4.64. The van der Waals surface area contributed by atoms with Gasteiger partial charge in [0, 0.05) is 0 Å². The Hall–Kier alpha value is -1.79. The number of ether oxygens (including phenoxy) is 1. The van der Waals surface area contributed by atoms with E-state index in [1.807, 2.05) is 35.7 Å². The van der Waals surface area contributed by atoms with Crippen LogP contribution in [0, 0.1) is 5.82 Å². The number of Topliss-reactive ketones (excluding diaryl/α,β-unsaturated/α-hetero) is 1. The molecule has 0 aromatic heterocycles. The number of rotatable bonds is 5. The molecule has 130 valence electrons. The van der Waals surface area contributed by atoms with Crippen LogP contribution in [0.1, 0.15) is 37.3 Å². The molecule has 3 rings (SSSR count). The number of halogens is 1. The van der Waals surface area contributed by atoms with Crippen LogP contribution < -0.4 is 0 Å². The van der Waals surface area contributed by atoms with Crippen molar-refractivity contribution in [2.75, 3.05) is 18.1 Å². The summed E-state index contributed by atoms with van der Waals surface area (Å²) in [6, 6.07) is 12.9. The molecular formula is C19H17FO3S2. The summed E-state index contributed by atoms with van der Waals surface area (Å²) in [6.07, 6.45) is 1.23. The molecule has 2 aromatic rings. The highest BCUT2D eigenvalue weighted by atomic mass is 32.2. The van der Waals surface area contributed by atoms with E-state index in [0.717, 1.165) is 11.5 Å². The van der Waals surface area contributed by atoms with E-state index in [4.69, 9.17) is 4.74 Å². The number of hydrogen-bond acceptors (Lipinski definition) is 5. The van der Waals surface area contributed by atoms with Crippen molar-refractivity contribution in [1.29, 1.82) is 0 Å². The van der Waals surface area contributed by atoms with Crippen LogP contribution in [0.4, 0.5) is 4.39 Å². The van der Waals surface area contributed by atoms with Gasteiger partial charge in [0.15, 0.2) is 6.61 Å². The Bertz CT molecular complexity index is 756. The highest BCUT2D eigenvalue weighted by Gasteiger charge is 2.18. The molecule has 1 heterocycles. The summed E-state index contributed by atoms with van der Waals surface area (Å²) in [4.78, 5) is 24.0. The fourth-order valence-corrected chi connectivity index (χ4v) is 5.33. The standard InChI is InChI=1S/C19H17FO3S2/c20-16-5-2-1-4-15(16)17(21)12-23-18(22)13-6-8-14(9-7-13)19-24-10-3-11-25-19/h1-2,4-9,19H,3,10-12H2. The third-order valence-electron chi connectivity index (χ3n) is 3.75. The molecule has 6 heteroatoms. The smallest absolute Gasteiger partial charge is 0.338 e. The Labute approximate surface area is 154 Å². The minimum atomic E-state index is -0.615. The molecule has 25 heavy (non-hydrogen) atoms. The Kier molecular flexibility index (Phi) is 6.15. The van der Waals surface area contributed by atoms with E-state index in [2.05, 4.69) is 0 Å². The van der Waals surface area contributed by atoms with Gasteiger partial charge in [-0.2, -0.15) is 0 Å². The highest BCUT2D eigenvalue weighted by molar-refractivity contribution is 8.16. The van der Waals surface area contributed by atoms with Gasteiger partial charge in [-0.3, -0.25) is 4.79 Å². The summed E-state index contributed by atoms with van der Waals surface area (Å²) < 4.78 is 19.0. The molecule has 0 radical (unpaired) electrons. The highest BCUT2D eigenvalue weighted by Crippen LogP contribution is 2.43. The number of ketones is 1. The molecule has 2 aromatic carbocycles. The van der Waals surface area contributed by atoms with E-state index in [9.17, 15) is 14.0 Å². The van der Waals surface area contributed by atoms with Gasteiger partial charge in [0.05, 0.1) is 15.7 Å². The van der Waals surface area contributed by atoms with E-state index in [0.29, 0.717) is 10.1 Å². The Morgan fingerprint density at radius 3 is 2.40 bits per heavy atom. The molecule has 1 saturated heterocycles. The van der Waals surface area contributed by atoms with Gasteiger partial charge < -0.3 is 4.74 Å². The molecule has 3 nitrogen and oxygen atoms in total. The number of esters is 1. The maximum atomic E-state index is 13.5. The van der Waals surface area contributed by atoms with E-state index >= 15 is 0 Å². The maximum Gasteiger partial charge on any atom is 0.338 e. The maximum absolute atomic E-state index is 13.5. The van der Waals surface area contributed by atoms with Crippen LogP contribution in [0.25, 0.3) is 0 Å². The van der Waals surface area contributed by atoms with Crippen molar-refractivity contribution in [2.24, 2.45) is 0 Å². The predicted octanol–water partition coefficient (Wildman–Crippen LogP) is 4.73. The monoisotopic (exact) mass is 376 g/mol. The van der Waals surface area contributed by atoms with Crippen molar-refractivity contribution in [3.05, 3.63) is 71.0 Å². The summed E-state index contributed by atoms with van der Waals surface area (Å²) in [5.74, 6) is 0.549. The van der Waals surface area contributed by atoms with Gasteiger partial charge >= 0.3 is 5.97 Å². The second-order valence-corrected chi connectivity index (χ2v) is 8.25. The van der Waals surface area contributed by atoms with E-state index in [1.165, 1.54) is 30.2 Å². The van der Waals surface area contributed by atoms with Crippen molar-refractivity contribution in [1.82, 2.24) is 0 Å². The summed E-state index contributed by atoms with van der Waals surface area (Å²) in [7, 11) is 0. The van der Waals surface area contributed by atoms with Crippen molar-refractivity contribution in [3.63, 3.8) is 0 Å². The average Bonchev–Trinajstić information content (AvgIpc) is 2.67. The topological polar surface area (TPSA) is 43.4 Å². The van der Waals surface area contributed by atoms with Gasteiger partial charge in [-0.15, -0.1) is 23.5 Å². The fourth-order valence-electron chi connectivity index (χ4n) is 2.44. The summed E-state index contributed by atoms with van der Waals surface area (Å²) in [6.45, 7) is -0.476. The van der Waals surface area contributed by atoms with E-state index in [-0.39, 0.29) is 5.56 Å². The summed E-state index contributed by atoms with van der Waals surface area (Å²) in [5, 5.41) is 0. The van der Waals surface area contributed by atoms with Crippen molar-refractivity contribution in [2.45, 2.75) is 11.0 Å². The van der Waals surface area contributed by atoms with Gasteiger partial charge in [-0.25, -0.2) is 9.18 Å². The molecule has 1 aliphatic rings. The van der Waals surface area contributed by atoms with Crippen molar-refractivity contribution in [3.8, 4) is 0 Å². The van der Waals surface area contributed by atoms with Gasteiger partial charge in [0.2, 0.25) is 5.78 Å². The minimum Gasteiger partial charge on any atom is -0.454 e. The normalized spacial score (nSPS) is 14.9. The first-order valence-corrected chi connectivity index (χ1v) is 10.0. The van der Waals surface area contributed by atoms with Crippen LogP contribution in [0.15, 0.2) is 48.5 Å². The lowest BCUT2D eigenvalue weighted by Crippen LogP contribution is -2.15. The van der Waals surface area contributed by atoms with Crippen molar-refractivity contribution < 1.29 is 18.7 Å². The molecule has 0 unspecified atom stereocenters. The first kappa shape index (κ1) is 18.0. The molecule has 0 bridgehead atoms. The fraction of sp³-hybridized carbons (Fsp3) is 0.263. The van der Waals surface area contributed by atoms with Gasteiger partial charge in [0.1, 0.15) is 5.82 Å². The zero-order valence-corrected chi connectivity index (χ0v) is 15.1. The predicted molar refractivity (Wildman–Crippen MR) is 99.7 cm³/mol. The van der Waals surface area contributed by atoms with Crippen LogP contribution in [0.3, 0.4) is 0 Å². The molecule has 0 aliphatic carbocycles. The molecule has 0 spiro atoms. The molecular weight excluding hydrogens is 359 g/mol. The van der Waals surface area contributed by atoms with E-state index in [1.54, 1.807) is 18.2 Å². The van der Waals surface area contributed by atoms with Crippen LogP contribution in [0.5, 0.6) is 0 Å². The number of carbonyl (C=O) groups excluding carboxylic acids is 2. The molecule has 1 aliphatic heterocycles. The lowest BCUT2D eigenvalue weighted by Gasteiger charge is -2.21. The van der Waals surface area contributed by atoms with Crippen LogP contribution in [0.2, 0.25) is 0 Å².